The number of piperazine rings is 1. The number of hydrogen-bond acceptors (Lipinski definition) is 10. The Balaban J connectivity index is 1.21. The number of anilines is 1. The number of benzene rings is 1. The lowest BCUT2D eigenvalue weighted by atomic mass is 10.0. The van der Waals surface area contributed by atoms with Crippen molar-refractivity contribution >= 4 is 45.0 Å². The second-order valence-electron chi connectivity index (χ2n) is 11.5. The van der Waals surface area contributed by atoms with Gasteiger partial charge in [0, 0.05) is 85.6 Å². The molecule has 1 aromatic carbocycles. The molecule has 3 saturated heterocycles. The number of nitrogens with zero attached hydrogens (tertiary/aromatic N) is 7. The molecule has 1 N–H and O–H groups in total. The van der Waals surface area contributed by atoms with Crippen LogP contribution in [0.2, 0.25) is 5.02 Å². The van der Waals surface area contributed by atoms with E-state index >= 15 is 4.39 Å². The maximum absolute atomic E-state index is 16.5. The van der Waals surface area contributed by atoms with E-state index in [1.54, 1.807) is 18.3 Å². The Bertz CT molecular complexity index is 1820. The number of aliphatic hydroxyl groups is 1. The van der Waals surface area contributed by atoms with Gasteiger partial charge in [0.1, 0.15) is 22.8 Å². The summed E-state index contributed by atoms with van der Waals surface area (Å²) in [5.41, 5.74) is -0.495. The van der Waals surface area contributed by atoms with Crippen molar-refractivity contribution in [3.63, 3.8) is 0 Å². The SMILES string of the molecule is C=C(F)C(=O)N1CCN(c2nc(OCCCN3C[C@@H]4C[C@@]3(O)CO4)nc3c(F)c(-c4cncc5cccc(Cl)c45)ncc23)CC1. The van der Waals surface area contributed by atoms with Gasteiger partial charge in [-0.15, -0.1) is 0 Å². The van der Waals surface area contributed by atoms with Gasteiger partial charge in [-0.2, -0.15) is 9.97 Å². The molecule has 3 aromatic heterocycles. The number of carbonyl (C=O) groups is 1. The van der Waals surface area contributed by atoms with Crippen LogP contribution >= 0.6 is 11.6 Å². The number of hydrogen-bond donors (Lipinski definition) is 1. The van der Waals surface area contributed by atoms with Crippen LogP contribution in [0.1, 0.15) is 12.8 Å². The van der Waals surface area contributed by atoms with Crippen LogP contribution in [-0.2, 0) is 9.53 Å². The Labute approximate surface area is 262 Å². The van der Waals surface area contributed by atoms with Crippen LogP contribution < -0.4 is 9.64 Å². The van der Waals surface area contributed by atoms with Gasteiger partial charge in [0.05, 0.1) is 24.7 Å². The summed E-state index contributed by atoms with van der Waals surface area (Å²) >= 11 is 6.52. The van der Waals surface area contributed by atoms with E-state index in [9.17, 15) is 14.3 Å². The molecule has 0 spiro atoms. The van der Waals surface area contributed by atoms with E-state index in [0.717, 1.165) is 5.39 Å². The molecule has 1 amide bonds. The van der Waals surface area contributed by atoms with Crippen molar-refractivity contribution in [2.24, 2.45) is 0 Å². The monoisotopic (exact) mass is 637 g/mol. The Morgan fingerprint density at radius 1 is 1.20 bits per heavy atom. The number of morpholine rings is 1. The Hall–Kier alpha value is -4.04. The van der Waals surface area contributed by atoms with Crippen LogP contribution in [-0.4, -0.2) is 105 Å². The van der Waals surface area contributed by atoms with E-state index in [0.29, 0.717) is 72.8 Å². The van der Waals surface area contributed by atoms with Crippen molar-refractivity contribution in [3.8, 4) is 17.3 Å². The molecular weight excluding hydrogens is 608 g/mol. The lowest BCUT2D eigenvalue weighted by molar-refractivity contribution is -0.128. The molecular formula is C31H30ClF2N7O4. The maximum atomic E-state index is 16.5. The van der Waals surface area contributed by atoms with Crippen LogP contribution in [0.25, 0.3) is 32.9 Å². The van der Waals surface area contributed by atoms with Crippen LogP contribution in [0.4, 0.5) is 14.6 Å². The fourth-order valence-corrected chi connectivity index (χ4v) is 6.67. The summed E-state index contributed by atoms with van der Waals surface area (Å²) in [6.07, 6.45) is 5.88. The molecule has 2 atom stereocenters. The van der Waals surface area contributed by atoms with Crippen molar-refractivity contribution in [2.75, 3.05) is 57.4 Å². The summed E-state index contributed by atoms with van der Waals surface area (Å²) in [4.78, 5) is 35.2. The molecule has 11 nitrogen and oxygen atoms in total. The van der Waals surface area contributed by atoms with Gasteiger partial charge < -0.3 is 24.4 Å². The van der Waals surface area contributed by atoms with Gasteiger partial charge in [-0.05, 0) is 12.5 Å². The van der Waals surface area contributed by atoms with E-state index in [-0.39, 0.29) is 43.0 Å². The number of aromatic nitrogens is 4. The Morgan fingerprint density at radius 3 is 2.76 bits per heavy atom. The predicted molar refractivity (Wildman–Crippen MR) is 163 cm³/mol. The van der Waals surface area contributed by atoms with Crippen LogP contribution in [0.3, 0.4) is 0 Å². The molecule has 3 aliphatic rings. The van der Waals surface area contributed by atoms with E-state index in [1.807, 2.05) is 15.9 Å². The summed E-state index contributed by atoms with van der Waals surface area (Å²) in [5, 5.41) is 12.9. The second-order valence-corrected chi connectivity index (χ2v) is 11.9. The van der Waals surface area contributed by atoms with E-state index in [4.69, 9.17) is 21.1 Å². The van der Waals surface area contributed by atoms with Gasteiger partial charge in [-0.3, -0.25) is 19.7 Å². The standard InChI is InChI=1S/C31H30ClF2N7O4/c1-18(33)29(42)40-9-7-39(8-10-40)28-22-15-36-26(21-14-35-13-19-4-2-5-23(32)24(19)21)25(34)27(22)37-30(38-28)44-11-3-6-41-16-20-12-31(41,43)17-45-20/h2,4-5,13-15,20,43H,1,3,6-12,16-17H2/t20-,31+/m0/s1. The maximum Gasteiger partial charge on any atom is 0.319 e. The van der Waals surface area contributed by atoms with Crippen molar-refractivity contribution in [2.45, 2.75) is 24.7 Å². The van der Waals surface area contributed by atoms with Gasteiger partial charge in [0.25, 0.3) is 5.91 Å². The third-order valence-electron chi connectivity index (χ3n) is 8.65. The highest BCUT2D eigenvalue weighted by atomic mass is 35.5. The molecule has 3 fully saturated rings. The molecule has 4 aromatic rings. The molecule has 234 valence electrons. The first-order chi connectivity index (χ1) is 21.7. The molecule has 45 heavy (non-hydrogen) atoms. The van der Waals surface area contributed by atoms with Crippen molar-refractivity contribution in [1.82, 2.24) is 29.7 Å². The first-order valence-electron chi connectivity index (χ1n) is 14.7. The number of ether oxygens (including phenoxy) is 2. The highest BCUT2D eigenvalue weighted by Gasteiger charge is 2.50. The molecule has 3 aliphatic heterocycles. The van der Waals surface area contributed by atoms with Crippen LogP contribution in [0.15, 0.2) is 49.2 Å². The summed E-state index contributed by atoms with van der Waals surface area (Å²) in [6, 6.07) is 5.33. The lowest BCUT2D eigenvalue weighted by Crippen LogP contribution is -2.49. The van der Waals surface area contributed by atoms with Gasteiger partial charge in [0.15, 0.2) is 11.6 Å². The molecule has 14 heteroatoms. The zero-order valence-electron chi connectivity index (χ0n) is 24.3. The van der Waals surface area contributed by atoms with Gasteiger partial charge >= 0.3 is 6.01 Å². The van der Waals surface area contributed by atoms with Gasteiger partial charge in [-0.25, -0.2) is 8.78 Å². The van der Waals surface area contributed by atoms with Crippen LogP contribution in [0.5, 0.6) is 6.01 Å². The molecule has 0 unspecified atom stereocenters. The zero-order valence-corrected chi connectivity index (χ0v) is 25.0. The number of pyridine rings is 2. The predicted octanol–water partition coefficient (Wildman–Crippen LogP) is 3.73. The molecule has 2 bridgehead atoms. The number of amides is 1. The topological polar surface area (TPSA) is 117 Å². The number of carbonyl (C=O) groups excluding carboxylic acids is 1. The molecule has 0 saturated carbocycles. The first kappa shape index (κ1) is 29.7. The Morgan fingerprint density at radius 2 is 2.02 bits per heavy atom. The number of fused-ring (bicyclic) bond motifs is 4. The van der Waals surface area contributed by atoms with Gasteiger partial charge in [-0.1, -0.05) is 30.3 Å². The fourth-order valence-electron chi connectivity index (χ4n) is 6.38. The summed E-state index contributed by atoms with van der Waals surface area (Å²) in [7, 11) is 0. The van der Waals surface area contributed by atoms with E-state index < -0.39 is 23.3 Å². The normalized spacial score (nSPS) is 21.6. The first-order valence-corrected chi connectivity index (χ1v) is 15.1. The van der Waals surface area contributed by atoms with Crippen molar-refractivity contribution in [1.29, 1.82) is 0 Å². The minimum atomic E-state index is -1.02. The zero-order chi connectivity index (χ0) is 31.3. The number of likely N-dealkylation sites (tertiary alicyclic amines) is 1. The summed E-state index contributed by atoms with van der Waals surface area (Å²) in [5.74, 6) is -2.08. The van der Waals surface area contributed by atoms with Crippen LogP contribution in [0, 0.1) is 5.82 Å². The largest absolute Gasteiger partial charge is 0.463 e. The second kappa shape index (κ2) is 11.7. The van der Waals surface area contributed by atoms with Gasteiger partial charge in [0.2, 0.25) is 0 Å². The highest BCUT2D eigenvalue weighted by molar-refractivity contribution is 6.36. The molecule has 7 rings (SSSR count). The van der Waals surface area contributed by atoms with Crippen molar-refractivity contribution < 1.29 is 28.2 Å². The summed E-state index contributed by atoms with van der Waals surface area (Å²) in [6.45, 7) is 5.95. The van der Waals surface area contributed by atoms with E-state index in [2.05, 4.69) is 26.5 Å². The van der Waals surface area contributed by atoms with E-state index in [1.165, 1.54) is 17.3 Å². The fraction of sp³-hybridized carbons (Fsp3) is 0.387. The minimum absolute atomic E-state index is 0.00279. The Kier molecular flexibility index (Phi) is 7.72. The number of halogens is 3. The third kappa shape index (κ3) is 5.43. The lowest BCUT2D eigenvalue weighted by Gasteiger charge is -2.35. The molecule has 6 heterocycles. The number of rotatable bonds is 8. The highest BCUT2D eigenvalue weighted by Crippen LogP contribution is 2.38. The van der Waals surface area contributed by atoms with Crippen molar-refractivity contribution in [3.05, 3.63) is 60.0 Å². The summed E-state index contributed by atoms with van der Waals surface area (Å²) < 4.78 is 41.5. The quantitative estimate of drug-likeness (QED) is 0.226. The average molecular weight is 638 g/mol. The molecule has 0 aliphatic carbocycles. The molecule has 0 radical (unpaired) electrons. The minimum Gasteiger partial charge on any atom is -0.463 e. The average Bonchev–Trinajstić information content (AvgIpc) is 3.58. The third-order valence-corrected chi connectivity index (χ3v) is 8.97. The smallest absolute Gasteiger partial charge is 0.319 e.